The molecule has 1 aliphatic heterocycles. The van der Waals surface area contributed by atoms with Crippen LogP contribution >= 0.6 is 0 Å². The second-order valence-corrected chi connectivity index (χ2v) is 8.16. The van der Waals surface area contributed by atoms with Crippen molar-refractivity contribution in [3.63, 3.8) is 0 Å². The van der Waals surface area contributed by atoms with Crippen LogP contribution in [0.5, 0.6) is 0 Å². The summed E-state index contributed by atoms with van der Waals surface area (Å²) in [4.78, 5) is 18.6. The number of morpholine rings is 1. The van der Waals surface area contributed by atoms with Crippen LogP contribution in [0.3, 0.4) is 0 Å². The molecule has 4 aromatic rings. The second-order valence-electron chi connectivity index (χ2n) is 8.16. The third kappa shape index (κ3) is 4.90. The average molecular weight is 492 g/mol. The Morgan fingerprint density at radius 3 is 2.64 bits per heavy atom. The number of nitrogens with two attached hydrogens (primary N) is 1. The summed E-state index contributed by atoms with van der Waals surface area (Å²) in [5, 5.41) is 14.3. The minimum absolute atomic E-state index is 0.0995. The van der Waals surface area contributed by atoms with Gasteiger partial charge in [0.1, 0.15) is 11.5 Å². The van der Waals surface area contributed by atoms with E-state index in [0.717, 1.165) is 29.4 Å². The number of rotatable bonds is 6. The van der Waals surface area contributed by atoms with Crippen LogP contribution in [-0.4, -0.2) is 68.8 Å². The minimum atomic E-state index is -1.08. The number of benzene rings is 2. The largest absolute Gasteiger partial charge is 0.383 e. The molecule has 2 aromatic heterocycles. The molecule has 184 valence electrons. The Balaban J connectivity index is 1.37. The number of hydrogen-bond acceptors (Lipinski definition) is 8. The van der Waals surface area contributed by atoms with Crippen LogP contribution in [0.15, 0.2) is 54.7 Å². The van der Waals surface area contributed by atoms with E-state index in [1.807, 2.05) is 17.0 Å². The first-order chi connectivity index (χ1) is 17.5. The van der Waals surface area contributed by atoms with Crippen molar-refractivity contribution in [3.8, 4) is 28.2 Å². The molecule has 3 N–H and O–H groups in total. The summed E-state index contributed by atoms with van der Waals surface area (Å²) in [6, 6.07) is 12.7. The maximum absolute atomic E-state index is 14.4. The first-order valence-corrected chi connectivity index (χ1v) is 11.2. The molecule has 5 rings (SSSR count). The summed E-state index contributed by atoms with van der Waals surface area (Å²) >= 11 is 0. The molecule has 12 heteroatoms. The van der Waals surface area contributed by atoms with Crippen molar-refractivity contribution in [2.45, 2.75) is 0 Å². The zero-order valence-corrected chi connectivity index (χ0v) is 19.1. The molecule has 0 atom stereocenters. The van der Waals surface area contributed by atoms with Crippen molar-refractivity contribution in [3.05, 3.63) is 66.4 Å². The number of nitrogens with one attached hydrogen (secondary N) is 1. The number of hydrogen-bond donors (Lipinski definition) is 2. The summed E-state index contributed by atoms with van der Waals surface area (Å²) in [6.45, 7) is 3.02. The molecule has 0 radical (unpaired) electrons. The van der Waals surface area contributed by atoms with E-state index in [1.165, 1.54) is 12.1 Å². The summed E-state index contributed by atoms with van der Waals surface area (Å²) in [6.07, 6.45) is 1.59. The number of tetrazole rings is 1. The second kappa shape index (κ2) is 10.1. The Kier molecular flexibility index (Phi) is 6.60. The van der Waals surface area contributed by atoms with E-state index in [0.29, 0.717) is 36.6 Å². The molecular weight excluding hydrogens is 470 g/mol. The standard InChI is InChI=1S/C24H22F2N8O2/c25-19-2-1-3-20(22(19)26)34-24(30-31-32-34)18-12-16(13-28-23(18)27)15-4-6-17(7-5-15)29-21(35)14-33-8-10-36-11-9-33/h1-7,12-13H,8-11,14H2,(H2,27,28)(H,29,35). The van der Waals surface area contributed by atoms with Crippen LogP contribution in [0, 0.1) is 11.6 Å². The number of carbonyl (C=O) groups excluding carboxylic acids is 1. The maximum Gasteiger partial charge on any atom is 0.238 e. The average Bonchev–Trinajstić information content (AvgIpc) is 3.36. The van der Waals surface area contributed by atoms with E-state index in [-0.39, 0.29) is 23.2 Å². The van der Waals surface area contributed by atoms with Gasteiger partial charge in [-0.2, -0.15) is 4.68 Å². The molecule has 36 heavy (non-hydrogen) atoms. The Morgan fingerprint density at radius 2 is 1.86 bits per heavy atom. The van der Waals surface area contributed by atoms with Gasteiger partial charge in [0.25, 0.3) is 0 Å². The Labute approximate surface area is 204 Å². The summed E-state index contributed by atoms with van der Waals surface area (Å²) < 4.78 is 34.5. The zero-order chi connectivity index (χ0) is 25.1. The van der Waals surface area contributed by atoms with E-state index in [4.69, 9.17) is 10.5 Å². The van der Waals surface area contributed by atoms with Gasteiger partial charge in [-0.1, -0.05) is 18.2 Å². The number of pyridine rings is 1. The number of anilines is 2. The van der Waals surface area contributed by atoms with Gasteiger partial charge in [-0.05, 0) is 46.3 Å². The highest BCUT2D eigenvalue weighted by atomic mass is 19.2. The summed E-state index contributed by atoms with van der Waals surface area (Å²) in [7, 11) is 0. The number of halogens is 2. The van der Waals surface area contributed by atoms with Crippen LogP contribution in [0.25, 0.3) is 28.2 Å². The lowest BCUT2D eigenvalue weighted by molar-refractivity contribution is -0.118. The molecule has 0 bridgehead atoms. The Hall–Kier alpha value is -4.29. The van der Waals surface area contributed by atoms with Crippen LogP contribution in [0.4, 0.5) is 20.3 Å². The highest BCUT2D eigenvalue weighted by molar-refractivity contribution is 5.92. The third-order valence-electron chi connectivity index (χ3n) is 5.76. The number of nitrogen functional groups attached to an aromatic ring is 1. The Bertz CT molecular complexity index is 1390. The van der Waals surface area contributed by atoms with Gasteiger partial charge >= 0.3 is 0 Å². The molecule has 0 aliphatic carbocycles. The predicted molar refractivity (Wildman–Crippen MR) is 128 cm³/mol. The minimum Gasteiger partial charge on any atom is -0.383 e. The molecule has 1 saturated heterocycles. The van der Waals surface area contributed by atoms with Gasteiger partial charge in [-0.25, -0.2) is 13.8 Å². The van der Waals surface area contributed by atoms with Crippen LogP contribution in [0.1, 0.15) is 0 Å². The molecular formula is C24H22F2N8O2. The third-order valence-corrected chi connectivity index (χ3v) is 5.76. The van der Waals surface area contributed by atoms with Crippen molar-refractivity contribution in [1.29, 1.82) is 0 Å². The van der Waals surface area contributed by atoms with Gasteiger partial charge in [-0.3, -0.25) is 9.69 Å². The van der Waals surface area contributed by atoms with E-state index < -0.39 is 11.6 Å². The molecule has 3 heterocycles. The number of nitrogens with zero attached hydrogens (tertiary/aromatic N) is 6. The molecule has 2 aromatic carbocycles. The van der Waals surface area contributed by atoms with Gasteiger partial charge in [0.05, 0.1) is 25.3 Å². The normalized spacial score (nSPS) is 14.1. The fourth-order valence-corrected chi connectivity index (χ4v) is 3.89. The van der Waals surface area contributed by atoms with Crippen molar-refractivity contribution >= 4 is 17.4 Å². The van der Waals surface area contributed by atoms with Crippen LogP contribution < -0.4 is 11.1 Å². The van der Waals surface area contributed by atoms with Crippen molar-refractivity contribution in [2.24, 2.45) is 0 Å². The molecule has 0 saturated carbocycles. The topological polar surface area (TPSA) is 124 Å². The van der Waals surface area contributed by atoms with Gasteiger partial charge in [0, 0.05) is 30.5 Å². The first-order valence-electron chi connectivity index (χ1n) is 11.2. The van der Waals surface area contributed by atoms with Crippen LogP contribution in [0.2, 0.25) is 0 Å². The fraction of sp³-hybridized carbons (Fsp3) is 0.208. The fourth-order valence-electron chi connectivity index (χ4n) is 3.89. The Morgan fingerprint density at radius 1 is 1.08 bits per heavy atom. The van der Waals surface area contributed by atoms with E-state index in [2.05, 4.69) is 25.8 Å². The van der Waals surface area contributed by atoms with E-state index >= 15 is 0 Å². The number of aromatic nitrogens is 5. The van der Waals surface area contributed by atoms with Gasteiger partial charge in [0.15, 0.2) is 17.5 Å². The molecule has 0 unspecified atom stereocenters. The van der Waals surface area contributed by atoms with Crippen LogP contribution in [-0.2, 0) is 9.53 Å². The first kappa shape index (κ1) is 23.5. The quantitative estimate of drug-likeness (QED) is 0.421. The SMILES string of the molecule is Nc1ncc(-c2ccc(NC(=O)CN3CCOCC3)cc2)cc1-c1nnnn1-c1cccc(F)c1F. The molecule has 1 amide bonds. The number of amides is 1. The molecule has 10 nitrogen and oxygen atoms in total. The maximum atomic E-state index is 14.4. The van der Waals surface area contributed by atoms with Gasteiger partial charge in [-0.15, -0.1) is 5.10 Å². The molecule has 0 spiro atoms. The number of ether oxygens (including phenoxy) is 1. The molecule has 1 fully saturated rings. The van der Waals surface area contributed by atoms with E-state index in [1.54, 1.807) is 24.4 Å². The highest BCUT2D eigenvalue weighted by Gasteiger charge is 2.20. The lowest BCUT2D eigenvalue weighted by atomic mass is 10.0. The summed E-state index contributed by atoms with van der Waals surface area (Å²) in [5.74, 6) is -1.97. The van der Waals surface area contributed by atoms with Crippen molar-refractivity contribution < 1.29 is 18.3 Å². The van der Waals surface area contributed by atoms with Gasteiger partial charge in [0.2, 0.25) is 5.91 Å². The highest BCUT2D eigenvalue weighted by Crippen LogP contribution is 2.30. The number of carbonyl (C=O) groups is 1. The van der Waals surface area contributed by atoms with E-state index in [9.17, 15) is 13.6 Å². The summed E-state index contributed by atoms with van der Waals surface area (Å²) in [5.41, 5.74) is 8.43. The van der Waals surface area contributed by atoms with Crippen molar-refractivity contribution in [1.82, 2.24) is 30.1 Å². The molecule has 1 aliphatic rings. The lowest BCUT2D eigenvalue weighted by Gasteiger charge is -2.25. The van der Waals surface area contributed by atoms with Gasteiger partial charge < -0.3 is 15.8 Å². The predicted octanol–water partition coefficient (Wildman–Crippen LogP) is 2.52. The van der Waals surface area contributed by atoms with Crippen molar-refractivity contribution in [2.75, 3.05) is 43.9 Å². The smallest absolute Gasteiger partial charge is 0.238 e. The lowest BCUT2D eigenvalue weighted by Crippen LogP contribution is -2.41. The zero-order valence-electron chi connectivity index (χ0n) is 19.1. The monoisotopic (exact) mass is 492 g/mol.